The number of nitrogens with zero attached hydrogens (tertiary/aromatic N) is 1. The van der Waals surface area contributed by atoms with Crippen LogP contribution in [0.4, 0.5) is 0 Å². The highest BCUT2D eigenvalue weighted by Crippen LogP contribution is 2.24. The van der Waals surface area contributed by atoms with E-state index in [1.54, 1.807) is 5.57 Å². The number of rotatable bonds is 2. The maximum Gasteiger partial charge on any atom is 0.0597 e. The molecule has 0 radical (unpaired) electrons. The third-order valence-corrected chi connectivity index (χ3v) is 3.61. The van der Waals surface area contributed by atoms with Crippen LogP contribution >= 0.6 is 0 Å². The second-order valence-electron chi connectivity index (χ2n) is 4.77. The van der Waals surface area contributed by atoms with E-state index in [9.17, 15) is 0 Å². The van der Waals surface area contributed by atoms with Crippen molar-refractivity contribution in [1.29, 1.82) is 0 Å². The number of allylic oxidation sites excluding steroid dienone is 1. The number of likely N-dealkylation sites (N-methyl/N-ethyl adjacent to an activating group) is 1. The molecular formula is C12H22N2O. The van der Waals surface area contributed by atoms with Gasteiger partial charge in [0.05, 0.1) is 6.61 Å². The van der Waals surface area contributed by atoms with Crippen molar-refractivity contribution in [1.82, 2.24) is 10.2 Å². The average Bonchev–Trinajstić information content (AvgIpc) is 2.30. The predicted molar refractivity (Wildman–Crippen MR) is 61.8 cm³/mol. The van der Waals surface area contributed by atoms with Gasteiger partial charge in [0, 0.05) is 25.2 Å². The summed E-state index contributed by atoms with van der Waals surface area (Å²) in [5, 5.41) is 12.5. The van der Waals surface area contributed by atoms with E-state index in [0.717, 1.165) is 13.1 Å². The molecule has 0 aromatic carbocycles. The molecule has 0 spiro atoms. The molecule has 2 N–H and O–H groups in total. The minimum absolute atomic E-state index is 0.246. The second kappa shape index (κ2) is 5.10. The molecular weight excluding hydrogens is 188 g/mol. The first-order chi connectivity index (χ1) is 7.31. The first kappa shape index (κ1) is 11.1. The number of hydrogen-bond acceptors (Lipinski definition) is 3. The summed E-state index contributed by atoms with van der Waals surface area (Å²) in [7, 11) is 2.17. The van der Waals surface area contributed by atoms with Crippen molar-refractivity contribution in [2.45, 2.75) is 37.8 Å². The van der Waals surface area contributed by atoms with Crippen molar-refractivity contribution < 1.29 is 5.11 Å². The Morgan fingerprint density at radius 2 is 2.40 bits per heavy atom. The van der Waals surface area contributed by atoms with Gasteiger partial charge in [0.1, 0.15) is 0 Å². The minimum Gasteiger partial charge on any atom is -0.395 e. The zero-order chi connectivity index (χ0) is 10.7. The van der Waals surface area contributed by atoms with Crippen molar-refractivity contribution in [2.75, 3.05) is 26.7 Å². The molecule has 1 aliphatic carbocycles. The molecule has 0 aromatic heterocycles. The van der Waals surface area contributed by atoms with Gasteiger partial charge in [-0.05, 0) is 32.7 Å². The molecule has 0 aromatic rings. The summed E-state index contributed by atoms with van der Waals surface area (Å²) in [5.74, 6) is 0. The third-order valence-electron chi connectivity index (χ3n) is 3.61. The van der Waals surface area contributed by atoms with Crippen molar-refractivity contribution in [3.63, 3.8) is 0 Å². The maximum absolute atomic E-state index is 9.10. The van der Waals surface area contributed by atoms with E-state index < -0.39 is 0 Å². The molecule has 2 aliphatic rings. The van der Waals surface area contributed by atoms with E-state index in [1.165, 1.54) is 25.7 Å². The van der Waals surface area contributed by atoms with Gasteiger partial charge in [0.2, 0.25) is 0 Å². The van der Waals surface area contributed by atoms with Crippen molar-refractivity contribution in [3.05, 3.63) is 11.6 Å². The molecule has 1 saturated heterocycles. The summed E-state index contributed by atoms with van der Waals surface area (Å²) in [5.41, 5.74) is 1.60. The van der Waals surface area contributed by atoms with Crippen LogP contribution < -0.4 is 5.32 Å². The van der Waals surface area contributed by atoms with Crippen LogP contribution in [-0.4, -0.2) is 48.8 Å². The first-order valence-corrected chi connectivity index (χ1v) is 6.04. The lowest BCUT2D eigenvalue weighted by molar-refractivity contribution is 0.136. The van der Waals surface area contributed by atoms with Crippen LogP contribution in [-0.2, 0) is 0 Å². The number of hydrogen-bond donors (Lipinski definition) is 2. The van der Waals surface area contributed by atoms with Crippen LogP contribution in [0.25, 0.3) is 0 Å². The summed E-state index contributed by atoms with van der Waals surface area (Å²) in [6, 6.07) is 0.823. The predicted octanol–water partition coefficient (Wildman–Crippen LogP) is 0.751. The van der Waals surface area contributed by atoms with Gasteiger partial charge < -0.3 is 10.4 Å². The fraction of sp³-hybridized carbons (Fsp3) is 0.833. The highest BCUT2D eigenvalue weighted by atomic mass is 16.3. The second-order valence-corrected chi connectivity index (χ2v) is 4.77. The van der Waals surface area contributed by atoms with Crippen LogP contribution in [0, 0.1) is 0 Å². The summed E-state index contributed by atoms with van der Waals surface area (Å²) in [4.78, 5) is 2.38. The molecule has 1 heterocycles. The summed E-state index contributed by atoms with van der Waals surface area (Å²) in [6.07, 6.45) is 7.64. The molecule has 1 fully saturated rings. The van der Waals surface area contributed by atoms with Crippen LogP contribution in [0.15, 0.2) is 11.6 Å². The Labute approximate surface area is 92.2 Å². The molecule has 0 bridgehead atoms. The molecule has 2 atom stereocenters. The number of nitrogens with one attached hydrogen (secondary N) is 1. The highest BCUT2D eigenvalue weighted by Gasteiger charge is 2.27. The topological polar surface area (TPSA) is 35.5 Å². The Bertz CT molecular complexity index is 240. The quantitative estimate of drug-likeness (QED) is 0.660. The highest BCUT2D eigenvalue weighted by molar-refractivity contribution is 5.15. The fourth-order valence-corrected chi connectivity index (χ4v) is 2.68. The number of piperazine rings is 1. The third kappa shape index (κ3) is 2.60. The SMILES string of the molecule is CN1CC(CO)NCC1C1=CCCCC1. The Kier molecular flexibility index (Phi) is 3.78. The normalized spacial score (nSPS) is 33.9. The molecule has 0 amide bonds. The van der Waals surface area contributed by atoms with E-state index >= 15 is 0 Å². The van der Waals surface area contributed by atoms with Gasteiger partial charge >= 0.3 is 0 Å². The largest absolute Gasteiger partial charge is 0.395 e. The Morgan fingerprint density at radius 1 is 1.53 bits per heavy atom. The van der Waals surface area contributed by atoms with Crippen molar-refractivity contribution in [2.24, 2.45) is 0 Å². The summed E-state index contributed by atoms with van der Waals surface area (Å²) < 4.78 is 0. The Hall–Kier alpha value is -0.380. The van der Waals surface area contributed by atoms with Crippen LogP contribution in [0.3, 0.4) is 0 Å². The van der Waals surface area contributed by atoms with Gasteiger partial charge in [0.15, 0.2) is 0 Å². The van der Waals surface area contributed by atoms with Crippen LogP contribution in [0.5, 0.6) is 0 Å². The van der Waals surface area contributed by atoms with Gasteiger partial charge in [-0.2, -0.15) is 0 Å². The lowest BCUT2D eigenvalue weighted by Gasteiger charge is -2.39. The molecule has 15 heavy (non-hydrogen) atoms. The molecule has 2 rings (SSSR count). The maximum atomic E-state index is 9.10. The molecule has 2 unspecified atom stereocenters. The number of aliphatic hydroxyl groups excluding tert-OH is 1. The van der Waals surface area contributed by atoms with E-state index in [4.69, 9.17) is 5.11 Å². The van der Waals surface area contributed by atoms with E-state index in [2.05, 4.69) is 23.3 Å². The molecule has 1 aliphatic heterocycles. The minimum atomic E-state index is 0.246. The zero-order valence-electron chi connectivity index (χ0n) is 9.58. The van der Waals surface area contributed by atoms with E-state index in [0.29, 0.717) is 6.04 Å². The zero-order valence-corrected chi connectivity index (χ0v) is 9.58. The van der Waals surface area contributed by atoms with Crippen molar-refractivity contribution in [3.8, 4) is 0 Å². The Balaban J connectivity index is 1.95. The van der Waals surface area contributed by atoms with E-state index in [-0.39, 0.29) is 12.6 Å². The summed E-state index contributed by atoms with van der Waals surface area (Å²) in [6.45, 7) is 2.20. The standard InChI is InChI=1S/C12H22N2O/c1-14-8-11(9-15)13-7-12(14)10-5-3-2-4-6-10/h5,11-13,15H,2-4,6-9H2,1H3. The van der Waals surface area contributed by atoms with Crippen molar-refractivity contribution >= 4 is 0 Å². The van der Waals surface area contributed by atoms with E-state index in [1.807, 2.05) is 0 Å². The molecule has 0 saturated carbocycles. The van der Waals surface area contributed by atoms with Crippen LogP contribution in [0.1, 0.15) is 25.7 Å². The average molecular weight is 210 g/mol. The Morgan fingerprint density at radius 3 is 3.00 bits per heavy atom. The van der Waals surface area contributed by atoms with Gasteiger partial charge in [-0.25, -0.2) is 0 Å². The van der Waals surface area contributed by atoms with Crippen LogP contribution in [0.2, 0.25) is 0 Å². The fourth-order valence-electron chi connectivity index (χ4n) is 2.68. The molecule has 86 valence electrons. The summed E-state index contributed by atoms with van der Waals surface area (Å²) >= 11 is 0. The number of aliphatic hydroxyl groups is 1. The van der Waals surface area contributed by atoms with Gasteiger partial charge in [-0.15, -0.1) is 0 Å². The smallest absolute Gasteiger partial charge is 0.0597 e. The van der Waals surface area contributed by atoms with Gasteiger partial charge in [0.25, 0.3) is 0 Å². The van der Waals surface area contributed by atoms with Gasteiger partial charge in [-0.3, -0.25) is 4.90 Å². The molecule has 3 nitrogen and oxygen atoms in total. The molecule has 3 heteroatoms. The van der Waals surface area contributed by atoms with Gasteiger partial charge in [-0.1, -0.05) is 11.6 Å². The lowest BCUT2D eigenvalue weighted by Crippen LogP contribution is -2.56. The first-order valence-electron chi connectivity index (χ1n) is 6.04. The monoisotopic (exact) mass is 210 g/mol. The lowest BCUT2D eigenvalue weighted by atomic mass is 9.91.